The molecular weight excluding hydrogens is 248 g/mol. The Morgan fingerprint density at radius 2 is 1.45 bits per heavy atom. The van der Waals surface area contributed by atoms with Crippen LogP contribution in [0.1, 0.15) is 29.2 Å². The highest BCUT2D eigenvalue weighted by Gasteiger charge is 1.97. The standard InChI is InChI=1S/C18H18O2/c1-13-10-14(2)12-17(11-13)5-4-16-6-8-18(9-7-16)20-15(3)19/h4-12H,1-3H3. The summed E-state index contributed by atoms with van der Waals surface area (Å²) < 4.78 is 5.00. The maximum atomic E-state index is 10.8. The van der Waals surface area contributed by atoms with Gasteiger partial charge in [-0.05, 0) is 37.1 Å². The SMILES string of the molecule is CC(=O)Oc1ccc(C=Cc2cc(C)cc(C)c2)cc1. The van der Waals surface area contributed by atoms with Crippen molar-refractivity contribution in [3.05, 3.63) is 64.7 Å². The molecule has 0 aliphatic heterocycles. The molecule has 0 aromatic heterocycles. The Bertz CT molecular complexity index is 617. The van der Waals surface area contributed by atoms with Crippen LogP contribution in [0.5, 0.6) is 5.75 Å². The average molecular weight is 266 g/mol. The Hall–Kier alpha value is -2.35. The predicted molar refractivity (Wildman–Crippen MR) is 82.6 cm³/mol. The van der Waals surface area contributed by atoms with E-state index in [0.717, 1.165) is 5.56 Å². The van der Waals surface area contributed by atoms with Gasteiger partial charge in [-0.25, -0.2) is 0 Å². The lowest BCUT2D eigenvalue weighted by atomic mass is 10.1. The monoisotopic (exact) mass is 266 g/mol. The quantitative estimate of drug-likeness (QED) is 0.467. The van der Waals surface area contributed by atoms with Crippen LogP contribution in [-0.4, -0.2) is 5.97 Å². The summed E-state index contributed by atoms with van der Waals surface area (Å²) in [5.74, 6) is 0.268. The van der Waals surface area contributed by atoms with Gasteiger partial charge in [-0.15, -0.1) is 0 Å². The number of esters is 1. The van der Waals surface area contributed by atoms with Crippen molar-refractivity contribution in [2.45, 2.75) is 20.8 Å². The van der Waals surface area contributed by atoms with Gasteiger partial charge in [0.25, 0.3) is 0 Å². The van der Waals surface area contributed by atoms with Gasteiger partial charge in [-0.1, -0.05) is 53.6 Å². The molecule has 0 amide bonds. The fourth-order valence-corrected chi connectivity index (χ4v) is 2.11. The first-order valence-electron chi connectivity index (χ1n) is 6.58. The summed E-state index contributed by atoms with van der Waals surface area (Å²) >= 11 is 0. The van der Waals surface area contributed by atoms with Crippen LogP contribution < -0.4 is 4.74 Å². The van der Waals surface area contributed by atoms with Crippen LogP contribution in [0.4, 0.5) is 0 Å². The minimum absolute atomic E-state index is 0.302. The molecule has 0 aliphatic rings. The molecule has 2 rings (SSSR count). The summed E-state index contributed by atoms with van der Waals surface area (Å²) in [6.07, 6.45) is 4.13. The summed E-state index contributed by atoms with van der Waals surface area (Å²) in [5, 5.41) is 0. The van der Waals surface area contributed by atoms with Crippen LogP contribution >= 0.6 is 0 Å². The van der Waals surface area contributed by atoms with Crippen LogP contribution in [0, 0.1) is 13.8 Å². The van der Waals surface area contributed by atoms with Crippen molar-refractivity contribution in [3.8, 4) is 5.75 Å². The van der Waals surface area contributed by atoms with E-state index in [0.29, 0.717) is 5.75 Å². The smallest absolute Gasteiger partial charge is 0.308 e. The number of ether oxygens (including phenoxy) is 1. The van der Waals surface area contributed by atoms with Crippen LogP contribution in [-0.2, 0) is 4.79 Å². The van der Waals surface area contributed by atoms with E-state index >= 15 is 0 Å². The van der Waals surface area contributed by atoms with Crippen molar-refractivity contribution in [1.82, 2.24) is 0 Å². The third kappa shape index (κ3) is 4.09. The zero-order valence-electron chi connectivity index (χ0n) is 12.0. The van der Waals surface area contributed by atoms with Gasteiger partial charge in [-0.3, -0.25) is 4.79 Å². The van der Waals surface area contributed by atoms with Crippen LogP contribution in [0.15, 0.2) is 42.5 Å². The molecule has 0 N–H and O–H groups in total. The number of hydrogen-bond donors (Lipinski definition) is 0. The normalized spacial score (nSPS) is 10.8. The third-order valence-corrected chi connectivity index (χ3v) is 2.85. The van der Waals surface area contributed by atoms with Crippen LogP contribution in [0.2, 0.25) is 0 Å². The number of carbonyl (C=O) groups excluding carboxylic acids is 1. The lowest BCUT2D eigenvalue weighted by molar-refractivity contribution is -0.131. The van der Waals surface area contributed by atoms with Crippen molar-refractivity contribution >= 4 is 18.1 Å². The fraction of sp³-hybridized carbons (Fsp3) is 0.167. The summed E-state index contributed by atoms with van der Waals surface area (Å²) in [7, 11) is 0. The molecule has 2 nitrogen and oxygen atoms in total. The van der Waals surface area contributed by atoms with Gasteiger partial charge in [0.1, 0.15) is 5.75 Å². The van der Waals surface area contributed by atoms with Crippen LogP contribution in [0.25, 0.3) is 12.2 Å². The molecular formula is C18H18O2. The molecule has 0 spiro atoms. The average Bonchev–Trinajstić information content (AvgIpc) is 2.36. The topological polar surface area (TPSA) is 26.3 Å². The van der Waals surface area contributed by atoms with Gasteiger partial charge in [0.15, 0.2) is 0 Å². The summed E-state index contributed by atoms with van der Waals surface area (Å²) in [4.78, 5) is 10.8. The van der Waals surface area contributed by atoms with E-state index in [2.05, 4.69) is 38.1 Å². The molecule has 2 aromatic rings. The number of carbonyl (C=O) groups is 1. The van der Waals surface area contributed by atoms with E-state index in [-0.39, 0.29) is 5.97 Å². The van der Waals surface area contributed by atoms with Crippen LogP contribution in [0.3, 0.4) is 0 Å². The van der Waals surface area contributed by atoms with Crippen molar-refractivity contribution < 1.29 is 9.53 Å². The molecule has 0 saturated carbocycles. The molecule has 0 bridgehead atoms. The number of aryl methyl sites for hydroxylation is 2. The van der Waals surface area contributed by atoms with Gasteiger partial charge >= 0.3 is 5.97 Å². The minimum Gasteiger partial charge on any atom is -0.427 e. The molecule has 0 heterocycles. The lowest BCUT2D eigenvalue weighted by Gasteiger charge is -2.02. The number of rotatable bonds is 3. The van der Waals surface area contributed by atoms with Crippen molar-refractivity contribution in [3.63, 3.8) is 0 Å². The van der Waals surface area contributed by atoms with Crippen molar-refractivity contribution in [1.29, 1.82) is 0 Å². The second-order valence-electron chi connectivity index (χ2n) is 4.92. The first kappa shape index (κ1) is 14.1. The Morgan fingerprint density at radius 3 is 2.00 bits per heavy atom. The molecule has 2 heteroatoms. The van der Waals surface area contributed by atoms with Gasteiger partial charge in [0.2, 0.25) is 0 Å². The molecule has 0 unspecified atom stereocenters. The molecule has 0 fully saturated rings. The molecule has 2 aromatic carbocycles. The van der Waals surface area contributed by atoms with Crippen molar-refractivity contribution in [2.24, 2.45) is 0 Å². The lowest BCUT2D eigenvalue weighted by Crippen LogP contribution is -2.00. The second-order valence-corrected chi connectivity index (χ2v) is 4.92. The molecule has 102 valence electrons. The maximum absolute atomic E-state index is 10.8. The molecule has 0 radical (unpaired) electrons. The maximum Gasteiger partial charge on any atom is 0.308 e. The summed E-state index contributed by atoms with van der Waals surface area (Å²) in [5.41, 5.74) is 4.77. The minimum atomic E-state index is -0.302. The zero-order chi connectivity index (χ0) is 14.5. The van der Waals surface area contributed by atoms with E-state index in [9.17, 15) is 4.79 Å². The second kappa shape index (κ2) is 6.20. The molecule has 0 aliphatic carbocycles. The first-order valence-corrected chi connectivity index (χ1v) is 6.58. The van der Waals surface area contributed by atoms with E-state index in [1.807, 2.05) is 18.2 Å². The van der Waals surface area contributed by atoms with Gasteiger partial charge in [0, 0.05) is 6.92 Å². The van der Waals surface area contributed by atoms with E-state index in [4.69, 9.17) is 4.74 Å². The Balaban J connectivity index is 2.12. The highest BCUT2D eigenvalue weighted by Crippen LogP contribution is 2.16. The predicted octanol–water partition coefficient (Wildman–Crippen LogP) is 4.40. The van der Waals surface area contributed by atoms with Crippen molar-refractivity contribution in [2.75, 3.05) is 0 Å². The number of benzene rings is 2. The summed E-state index contributed by atoms with van der Waals surface area (Å²) in [6, 6.07) is 13.9. The molecule has 0 saturated heterocycles. The number of hydrogen-bond acceptors (Lipinski definition) is 2. The summed E-state index contributed by atoms with van der Waals surface area (Å²) in [6.45, 7) is 5.59. The third-order valence-electron chi connectivity index (χ3n) is 2.85. The zero-order valence-corrected chi connectivity index (χ0v) is 12.0. The van der Waals surface area contributed by atoms with Gasteiger partial charge < -0.3 is 4.74 Å². The first-order chi connectivity index (χ1) is 9.52. The Labute approximate surface area is 119 Å². The Kier molecular flexibility index (Phi) is 4.36. The van der Waals surface area contributed by atoms with E-state index in [1.54, 1.807) is 12.1 Å². The van der Waals surface area contributed by atoms with Gasteiger partial charge in [0.05, 0.1) is 0 Å². The molecule has 20 heavy (non-hydrogen) atoms. The highest BCUT2D eigenvalue weighted by atomic mass is 16.5. The Morgan fingerprint density at radius 1 is 0.900 bits per heavy atom. The fourth-order valence-electron chi connectivity index (χ4n) is 2.11. The molecule has 0 atom stereocenters. The largest absolute Gasteiger partial charge is 0.427 e. The van der Waals surface area contributed by atoms with E-state index < -0.39 is 0 Å². The van der Waals surface area contributed by atoms with E-state index in [1.165, 1.54) is 23.6 Å². The van der Waals surface area contributed by atoms with Gasteiger partial charge in [-0.2, -0.15) is 0 Å². The highest BCUT2D eigenvalue weighted by molar-refractivity contribution is 5.71.